The smallest absolute Gasteiger partial charge is 0.227 e. The second kappa shape index (κ2) is 8.26. The summed E-state index contributed by atoms with van der Waals surface area (Å²) in [6, 6.07) is 10.3. The third-order valence-corrected chi connectivity index (χ3v) is 7.12. The molecule has 1 aromatic carbocycles. The lowest BCUT2D eigenvalue weighted by Crippen LogP contribution is -2.39. The summed E-state index contributed by atoms with van der Waals surface area (Å²) in [5, 5.41) is 5.09. The van der Waals surface area contributed by atoms with Gasteiger partial charge in [-0.05, 0) is 38.8 Å². The molecule has 5 aromatic rings. The molecule has 0 aliphatic carbocycles. The van der Waals surface area contributed by atoms with Gasteiger partial charge in [0.2, 0.25) is 5.91 Å². The van der Waals surface area contributed by atoms with E-state index in [-0.39, 0.29) is 11.8 Å². The molecule has 1 aliphatic heterocycles. The fraction of sp³-hybridized carbons (Fsp3) is 0.308. The van der Waals surface area contributed by atoms with Crippen LogP contribution in [0.5, 0.6) is 0 Å². The van der Waals surface area contributed by atoms with Gasteiger partial charge in [-0.25, -0.2) is 9.97 Å². The summed E-state index contributed by atoms with van der Waals surface area (Å²) in [5.74, 6) is 2.45. The number of nitrogens with two attached hydrogens (primary N) is 1. The van der Waals surface area contributed by atoms with Gasteiger partial charge < -0.3 is 20.1 Å². The quantitative estimate of drug-likeness (QED) is 0.411. The molecule has 35 heavy (non-hydrogen) atoms. The molecule has 9 nitrogen and oxygen atoms in total. The maximum absolute atomic E-state index is 13.0. The van der Waals surface area contributed by atoms with Crippen LogP contribution in [0.25, 0.3) is 27.8 Å². The normalized spacial score (nSPS) is 14.9. The van der Waals surface area contributed by atoms with Crippen LogP contribution in [0.1, 0.15) is 41.6 Å². The van der Waals surface area contributed by atoms with Crippen molar-refractivity contribution < 1.29 is 9.32 Å². The molecule has 6 rings (SSSR count). The molecular formula is C26H27N7O2. The number of rotatable bonds is 4. The average molecular weight is 470 g/mol. The van der Waals surface area contributed by atoms with Gasteiger partial charge in [0.15, 0.2) is 0 Å². The van der Waals surface area contributed by atoms with Crippen LogP contribution in [-0.4, -0.2) is 48.4 Å². The van der Waals surface area contributed by atoms with Crippen LogP contribution in [0, 0.1) is 13.8 Å². The number of amides is 1. The minimum absolute atomic E-state index is 0.109. The Morgan fingerprint density at radius 2 is 2.03 bits per heavy atom. The topological polar surface area (TPSA) is 118 Å². The van der Waals surface area contributed by atoms with Crippen LogP contribution in [0.3, 0.4) is 0 Å². The Morgan fingerprint density at radius 1 is 1.23 bits per heavy atom. The van der Waals surface area contributed by atoms with Gasteiger partial charge >= 0.3 is 0 Å². The van der Waals surface area contributed by atoms with E-state index in [9.17, 15) is 4.79 Å². The number of hydrogen-bond acceptors (Lipinski definition) is 6. The lowest BCUT2D eigenvalue weighted by molar-refractivity contribution is -0.131. The molecular weight excluding hydrogens is 442 g/mol. The second-order valence-electron chi connectivity index (χ2n) is 9.25. The predicted molar refractivity (Wildman–Crippen MR) is 133 cm³/mol. The molecule has 0 bridgehead atoms. The number of carbonyl (C=O) groups excluding carboxylic acids is 1. The monoisotopic (exact) mass is 469 g/mol. The molecule has 1 aliphatic rings. The number of aromatic nitrogens is 5. The molecule has 0 atom stereocenters. The van der Waals surface area contributed by atoms with Crippen LogP contribution in [-0.2, 0) is 11.2 Å². The third-order valence-electron chi connectivity index (χ3n) is 7.12. The number of anilines is 1. The first-order valence-corrected chi connectivity index (χ1v) is 11.9. The van der Waals surface area contributed by atoms with Gasteiger partial charge in [-0.2, -0.15) is 0 Å². The van der Waals surface area contributed by atoms with E-state index < -0.39 is 0 Å². The van der Waals surface area contributed by atoms with Crippen LogP contribution < -0.4 is 5.73 Å². The first-order valence-electron chi connectivity index (χ1n) is 11.9. The number of aromatic amines is 1. The highest BCUT2D eigenvalue weighted by Crippen LogP contribution is 2.35. The van der Waals surface area contributed by atoms with Crippen molar-refractivity contribution in [3.05, 3.63) is 65.6 Å². The van der Waals surface area contributed by atoms with E-state index in [0.29, 0.717) is 31.1 Å². The molecule has 0 radical (unpaired) electrons. The number of likely N-dealkylation sites (tertiary alicyclic amines) is 1. The number of nitrogens with one attached hydrogen (secondary N) is 1. The summed E-state index contributed by atoms with van der Waals surface area (Å²) in [6.45, 7) is 5.09. The van der Waals surface area contributed by atoms with Gasteiger partial charge in [0.1, 0.15) is 28.6 Å². The number of para-hydroxylation sites is 1. The van der Waals surface area contributed by atoms with Crippen molar-refractivity contribution in [3.8, 4) is 11.4 Å². The largest absolute Gasteiger partial charge is 0.382 e. The van der Waals surface area contributed by atoms with E-state index in [4.69, 9.17) is 15.2 Å². The fourth-order valence-corrected chi connectivity index (χ4v) is 5.17. The van der Waals surface area contributed by atoms with Crippen molar-refractivity contribution in [2.45, 2.75) is 39.0 Å². The maximum Gasteiger partial charge on any atom is 0.227 e. The molecule has 9 heteroatoms. The summed E-state index contributed by atoms with van der Waals surface area (Å²) in [7, 11) is 0. The van der Waals surface area contributed by atoms with Crippen molar-refractivity contribution in [1.82, 2.24) is 29.4 Å². The number of piperidine rings is 1. The zero-order valence-corrected chi connectivity index (χ0v) is 19.8. The predicted octanol–water partition coefficient (Wildman–Crippen LogP) is 4.01. The van der Waals surface area contributed by atoms with Gasteiger partial charge in [0.25, 0.3) is 0 Å². The molecule has 178 valence electrons. The number of benzene rings is 1. The number of aryl methyl sites for hydroxylation is 2. The minimum atomic E-state index is 0.109. The van der Waals surface area contributed by atoms with E-state index >= 15 is 0 Å². The third kappa shape index (κ3) is 3.63. The second-order valence-corrected chi connectivity index (χ2v) is 9.25. The average Bonchev–Trinajstić information content (AvgIpc) is 3.56. The zero-order chi connectivity index (χ0) is 24.1. The van der Waals surface area contributed by atoms with Crippen molar-refractivity contribution in [2.24, 2.45) is 0 Å². The highest BCUT2D eigenvalue weighted by Gasteiger charge is 2.29. The number of hydrogen-bond donors (Lipinski definition) is 2. The molecule has 5 heterocycles. The summed E-state index contributed by atoms with van der Waals surface area (Å²) < 4.78 is 7.28. The lowest BCUT2D eigenvalue weighted by atomic mass is 9.95. The van der Waals surface area contributed by atoms with E-state index in [0.717, 1.165) is 57.7 Å². The molecule has 1 saturated heterocycles. The van der Waals surface area contributed by atoms with Gasteiger partial charge in [-0.3, -0.25) is 9.20 Å². The van der Waals surface area contributed by atoms with E-state index in [1.165, 1.54) is 0 Å². The van der Waals surface area contributed by atoms with Crippen LogP contribution in [0.2, 0.25) is 0 Å². The van der Waals surface area contributed by atoms with Crippen molar-refractivity contribution >= 4 is 28.1 Å². The number of fused-ring (bicyclic) bond motifs is 2. The molecule has 4 aromatic heterocycles. The lowest BCUT2D eigenvalue weighted by Gasteiger charge is -2.31. The summed E-state index contributed by atoms with van der Waals surface area (Å²) in [4.78, 5) is 27.8. The number of H-pyrrole nitrogens is 1. The Bertz CT molecular complexity index is 1500. The van der Waals surface area contributed by atoms with Crippen LogP contribution in [0.15, 0.2) is 47.2 Å². The first kappa shape index (κ1) is 21.4. The minimum Gasteiger partial charge on any atom is -0.382 e. The number of carbonyl (C=O) groups is 1. The SMILES string of the molecule is Cc1noc(C)c1CC(=O)N1CCC(c2nc(-c3cc4ccccc4[nH]3)c3c(N)nccn23)CC1. The standard InChI is InChI=1S/C26H27N7O2/c1-15-19(16(2)35-31-15)14-22(34)32-10-7-17(8-11-32)26-30-23(24-25(27)28-9-12-33(24)26)21-13-18-5-3-4-6-20(18)29-21/h3-6,9,12-13,17,29H,7-8,10-11,14H2,1-2H3,(H2,27,28). The van der Waals surface area contributed by atoms with E-state index in [2.05, 4.69) is 37.7 Å². The number of nitrogens with zero attached hydrogens (tertiary/aromatic N) is 5. The van der Waals surface area contributed by atoms with Crippen LogP contribution in [0.4, 0.5) is 5.82 Å². The Morgan fingerprint density at radius 3 is 2.77 bits per heavy atom. The van der Waals surface area contributed by atoms with Crippen LogP contribution >= 0.6 is 0 Å². The first-order chi connectivity index (χ1) is 17.0. The highest BCUT2D eigenvalue weighted by atomic mass is 16.5. The summed E-state index contributed by atoms with van der Waals surface area (Å²) >= 11 is 0. The summed E-state index contributed by atoms with van der Waals surface area (Å²) in [5.41, 5.74) is 11.6. The van der Waals surface area contributed by atoms with Crippen molar-refractivity contribution in [2.75, 3.05) is 18.8 Å². The van der Waals surface area contributed by atoms with Gasteiger partial charge in [-0.1, -0.05) is 23.4 Å². The van der Waals surface area contributed by atoms with E-state index in [1.54, 1.807) is 6.20 Å². The Kier molecular flexibility index (Phi) is 5.05. The molecule has 1 amide bonds. The Balaban J connectivity index is 1.27. The Hall–Kier alpha value is -4.14. The summed E-state index contributed by atoms with van der Waals surface area (Å²) in [6.07, 6.45) is 5.63. The van der Waals surface area contributed by atoms with Gasteiger partial charge in [0.05, 0.1) is 17.8 Å². The Labute approximate surface area is 201 Å². The van der Waals surface area contributed by atoms with Crippen molar-refractivity contribution in [3.63, 3.8) is 0 Å². The van der Waals surface area contributed by atoms with Crippen molar-refractivity contribution in [1.29, 1.82) is 0 Å². The molecule has 1 fully saturated rings. The zero-order valence-electron chi connectivity index (χ0n) is 19.8. The number of imidazole rings is 1. The fourth-order valence-electron chi connectivity index (χ4n) is 5.17. The van der Waals surface area contributed by atoms with E-state index in [1.807, 2.05) is 37.1 Å². The molecule has 3 N–H and O–H groups in total. The highest BCUT2D eigenvalue weighted by molar-refractivity contribution is 5.91. The molecule has 0 saturated carbocycles. The molecule has 0 unspecified atom stereocenters. The van der Waals surface area contributed by atoms with Gasteiger partial charge in [-0.15, -0.1) is 0 Å². The number of nitrogen functional groups attached to an aromatic ring is 1. The maximum atomic E-state index is 13.0. The van der Waals surface area contributed by atoms with Gasteiger partial charge in [0, 0.05) is 47.9 Å². The molecule has 0 spiro atoms.